The molecule has 0 saturated carbocycles. The van der Waals surface area contributed by atoms with Crippen molar-refractivity contribution in [1.29, 1.82) is 0 Å². The van der Waals surface area contributed by atoms with Gasteiger partial charge in [0.1, 0.15) is 11.5 Å². The number of hydrogen-bond donors (Lipinski definition) is 1. The van der Waals surface area contributed by atoms with Crippen molar-refractivity contribution in [2.75, 3.05) is 18.5 Å². The molecule has 0 aliphatic carbocycles. The van der Waals surface area contributed by atoms with Gasteiger partial charge in [-0.3, -0.25) is 4.79 Å². The van der Waals surface area contributed by atoms with Crippen molar-refractivity contribution in [2.24, 2.45) is 0 Å². The van der Waals surface area contributed by atoms with Crippen molar-refractivity contribution in [3.05, 3.63) is 65.1 Å². The molecule has 3 aromatic rings. The number of carbonyl (C=O) groups is 1. The summed E-state index contributed by atoms with van der Waals surface area (Å²) in [6, 6.07) is 19.3. The van der Waals surface area contributed by atoms with Crippen molar-refractivity contribution in [3.63, 3.8) is 0 Å². The molecule has 0 bridgehead atoms. The van der Waals surface area contributed by atoms with Crippen molar-refractivity contribution < 1.29 is 14.3 Å². The minimum absolute atomic E-state index is 0.0700. The Morgan fingerprint density at radius 2 is 1.77 bits per heavy atom. The molecule has 0 heterocycles. The first kappa shape index (κ1) is 22.2. The van der Waals surface area contributed by atoms with Crippen LogP contribution in [0.1, 0.15) is 39.0 Å². The summed E-state index contributed by atoms with van der Waals surface area (Å²) in [6.45, 7) is 2.83. The molecule has 5 heteroatoms. The van der Waals surface area contributed by atoms with E-state index in [1.54, 1.807) is 0 Å². The monoisotopic (exact) mass is 469 g/mol. The van der Waals surface area contributed by atoms with E-state index in [1.165, 1.54) is 25.7 Å². The van der Waals surface area contributed by atoms with E-state index in [-0.39, 0.29) is 12.5 Å². The van der Waals surface area contributed by atoms with Gasteiger partial charge >= 0.3 is 0 Å². The molecule has 0 aliphatic rings. The van der Waals surface area contributed by atoms with Crippen LogP contribution in [0.15, 0.2) is 65.1 Å². The molecule has 0 aliphatic heterocycles. The van der Waals surface area contributed by atoms with Gasteiger partial charge in [-0.25, -0.2) is 0 Å². The Hall–Kier alpha value is -2.53. The molecule has 0 radical (unpaired) electrons. The van der Waals surface area contributed by atoms with E-state index >= 15 is 0 Å². The second-order valence-corrected chi connectivity index (χ2v) is 8.02. The Morgan fingerprint density at radius 3 is 2.63 bits per heavy atom. The van der Waals surface area contributed by atoms with Crippen LogP contribution in [0.5, 0.6) is 11.5 Å². The van der Waals surface area contributed by atoms with Gasteiger partial charge in [-0.2, -0.15) is 0 Å². The molecular weight excluding hydrogens is 442 g/mol. The highest BCUT2D eigenvalue weighted by Crippen LogP contribution is 2.33. The molecule has 0 spiro atoms. The molecule has 0 aromatic heterocycles. The van der Waals surface area contributed by atoms with Gasteiger partial charge in [-0.05, 0) is 51.3 Å². The van der Waals surface area contributed by atoms with Crippen LogP contribution >= 0.6 is 15.9 Å². The van der Waals surface area contributed by atoms with E-state index in [1.807, 2.05) is 60.7 Å². The number of anilines is 1. The minimum Gasteiger partial charge on any atom is -0.494 e. The molecular formula is C25H28BrNO3. The van der Waals surface area contributed by atoms with E-state index in [0.29, 0.717) is 18.0 Å². The number of halogens is 1. The standard InChI is InChI=1S/C25H28BrNO3/c1-2-3-4-5-8-16-29-21-12-9-11-20(17-21)27-24(28)18-30-23-15-14-19-10-6-7-13-22(19)25(23)26/h6-7,9-15,17H,2-5,8,16,18H2,1H3,(H,27,28). The summed E-state index contributed by atoms with van der Waals surface area (Å²) in [5.41, 5.74) is 0.699. The maximum atomic E-state index is 12.3. The number of nitrogens with one attached hydrogen (secondary N) is 1. The number of carbonyl (C=O) groups excluding carboxylic acids is 1. The first-order valence-corrected chi connectivity index (χ1v) is 11.3. The van der Waals surface area contributed by atoms with Crippen molar-refractivity contribution in [1.82, 2.24) is 0 Å². The summed E-state index contributed by atoms with van der Waals surface area (Å²) in [5.74, 6) is 1.19. The van der Waals surface area contributed by atoms with E-state index in [0.717, 1.165) is 27.4 Å². The lowest BCUT2D eigenvalue weighted by Gasteiger charge is -2.12. The fourth-order valence-corrected chi connectivity index (χ4v) is 3.83. The molecule has 1 amide bonds. The van der Waals surface area contributed by atoms with Gasteiger partial charge in [-0.15, -0.1) is 0 Å². The number of fused-ring (bicyclic) bond motifs is 1. The fraction of sp³-hybridized carbons (Fsp3) is 0.320. The number of rotatable bonds is 11. The molecule has 3 rings (SSSR count). The molecule has 1 N–H and O–H groups in total. The maximum Gasteiger partial charge on any atom is 0.262 e. The van der Waals surface area contributed by atoms with Gasteiger partial charge in [0.2, 0.25) is 0 Å². The Bertz CT molecular complexity index is 974. The topological polar surface area (TPSA) is 47.6 Å². The zero-order valence-electron chi connectivity index (χ0n) is 17.3. The summed E-state index contributed by atoms with van der Waals surface area (Å²) in [7, 11) is 0. The Balaban J connectivity index is 1.49. The second-order valence-electron chi connectivity index (χ2n) is 7.23. The van der Waals surface area contributed by atoms with Gasteiger partial charge in [0.25, 0.3) is 5.91 Å². The molecule has 0 saturated heterocycles. The average molecular weight is 470 g/mol. The number of amides is 1. The normalized spacial score (nSPS) is 10.7. The number of unbranched alkanes of at least 4 members (excludes halogenated alkanes) is 4. The second kappa shape index (κ2) is 11.6. The lowest BCUT2D eigenvalue weighted by atomic mass is 10.1. The average Bonchev–Trinajstić information content (AvgIpc) is 2.76. The Morgan fingerprint density at radius 1 is 0.933 bits per heavy atom. The SMILES string of the molecule is CCCCCCCOc1cccc(NC(=O)COc2ccc3ccccc3c2Br)c1. The van der Waals surface area contributed by atoms with Crippen LogP contribution in [0.25, 0.3) is 10.8 Å². The van der Waals surface area contributed by atoms with Crippen LogP contribution in [0.3, 0.4) is 0 Å². The summed E-state index contributed by atoms with van der Waals surface area (Å²) in [4.78, 5) is 12.3. The highest BCUT2D eigenvalue weighted by Gasteiger charge is 2.09. The molecule has 0 unspecified atom stereocenters. The van der Waals surface area contributed by atoms with Crippen molar-refractivity contribution >= 4 is 38.3 Å². The summed E-state index contributed by atoms with van der Waals surface area (Å²) in [6.07, 6.45) is 6.00. The maximum absolute atomic E-state index is 12.3. The minimum atomic E-state index is -0.216. The molecule has 158 valence electrons. The summed E-state index contributed by atoms with van der Waals surface area (Å²) >= 11 is 3.58. The molecule has 30 heavy (non-hydrogen) atoms. The van der Waals surface area contributed by atoms with Gasteiger partial charge in [-0.1, -0.05) is 69.0 Å². The largest absolute Gasteiger partial charge is 0.494 e. The van der Waals surface area contributed by atoms with E-state index in [9.17, 15) is 4.79 Å². The van der Waals surface area contributed by atoms with Crippen molar-refractivity contribution in [2.45, 2.75) is 39.0 Å². The van der Waals surface area contributed by atoms with Crippen LogP contribution in [0.4, 0.5) is 5.69 Å². The van der Waals surface area contributed by atoms with Crippen LogP contribution in [0, 0.1) is 0 Å². The first-order valence-electron chi connectivity index (χ1n) is 10.5. The van der Waals surface area contributed by atoms with Crippen LogP contribution in [-0.2, 0) is 4.79 Å². The number of ether oxygens (including phenoxy) is 2. The number of benzene rings is 3. The Labute approximate surface area is 186 Å². The molecule has 0 atom stereocenters. The third kappa shape index (κ3) is 6.49. The third-order valence-corrected chi connectivity index (χ3v) is 5.64. The zero-order chi connectivity index (χ0) is 21.2. The third-order valence-electron chi connectivity index (χ3n) is 4.82. The van der Waals surface area contributed by atoms with Crippen LogP contribution in [0.2, 0.25) is 0 Å². The molecule has 4 nitrogen and oxygen atoms in total. The predicted octanol–water partition coefficient (Wildman–Crippen LogP) is 6.97. The van der Waals surface area contributed by atoms with Gasteiger partial charge in [0.05, 0.1) is 11.1 Å². The Kier molecular flexibility index (Phi) is 8.57. The van der Waals surface area contributed by atoms with Gasteiger partial charge < -0.3 is 14.8 Å². The molecule has 3 aromatic carbocycles. The summed E-state index contributed by atoms with van der Waals surface area (Å²) in [5, 5.41) is 5.03. The lowest BCUT2D eigenvalue weighted by Crippen LogP contribution is -2.20. The molecule has 0 fully saturated rings. The fourth-order valence-electron chi connectivity index (χ4n) is 3.22. The van der Waals surface area contributed by atoms with Crippen molar-refractivity contribution in [3.8, 4) is 11.5 Å². The first-order chi connectivity index (χ1) is 14.7. The zero-order valence-corrected chi connectivity index (χ0v) is 18.9. The highest BCUT2D eigenvalue weighted by atomic mass is 79.9. The quantitative estimate of drug-likeness (QED) is 0.308. The van der Waals surface area contributed by atoms with Crippen LogP contribution < -0.4 is 14.8 Å². The number of hydrogen-bond acceptors (Lipinski definition) is 3. The van der Waals surface area contributed by atoms with Crippen LogP contribution in [-0.4, -0.2) is 19.1 Å². The highest BCUT2D eigenvalue weighted by molar-refractivity contribution is 9.10. The predicted molar refractivity (Wildman–Crippen MR) is 126 cm³/mol. The van der Waals surface area contributed by atoms with E-state index in [4.69, 9.17) is 9.47 Å². The summed E-state index contributed by atoms with van der Waals surface area (Å²) < 4.78 is 12.4. The van der Waals surface area contributed by atoms with Gasteiger partial charge in [0.15, 0.2) is 6.61 Å². The van der Waals surface area contributed by atoms with E-state index in [2.05, 4.69) is 28.2 Å². The van der Waals surface area contributed by atoms with Gasteiger partial charge in [0, 0.05) is 11.8 Å². The lowest BCUT2D eigenvalue weighted by molar-refractivity contribution is -0.118. The smallest absolute Gasteiger partial charge is 0.262 e. The van der Waals surface area contributed by atoms with E-state index < -0.39 is 0 Å².